The van der Waals surface area contributed by atoms with Crippen molar-refractivity contribution in [3.8, 4) is 23.7 Å². The van der Waals surface area contributed by atoms with E-state index in [1.165, 1.54) is 4.90 Å². The third-order valence-corrected chi connectivity index (χ3v) is 13.4. The number of benzene rings is 2. The zero-order valence-electron chi connectivity index (χ0n) is 40.6. The Balaban J connectivity index is 1.05. The molecule has 1 unspecified atom stereocenters. The van der Waals surface area contributed by atoms with Gasteiger partial charge < -0.3 is 23.8 Å². The van der Waals surface area contributed by atoms with E-state index >= 15 is 0 Å². The molecule has 2 aliphatic heterocycles. The molecular weight excluding hydrogens is 821 g/mol. The van der Waals surface area contributed by atoms with Crippen molar-refractivity contribution in [2.75, 3.05) is 33.9 Å². The van der Waals surface area contributed by atoms with E-state index in [1.807, 2.05) is 86.6 Å². The van der Waals surface area contributed by atoms with Gasteiger partial charge in [0.25, 0.3) is 0 Å². The summed E-state index contributed by atoms with van der Waals surface area (Å²) in [6.45, 7) is 20.1. The monoisotopic (exact) mass is 886 g/mol. The standard InChI is InChI=1S/C54H66N2O9/c1-13-16-38-25-34(2)45(35(3)26-38)48-41(58)30-54(32-43(48)63-12)21-24-56(44(59)33-54)50(61)65-52(9,10)18-15-14-17-39-27-36(4)46(37(5)28-39)47-40(57)29-53(31-42(47)62-11)19-22-55(23-20-53)49(60)64-51(6,7)8/h25-28H,15,18-24,29-33H2,1-12H3. The molecule has 3 amide bonds. The van der Waals surface area contributed by atoms with Crippen LogP contribution in [0.3, 0.4) is 0 Å². The van der Waals surface area contributed by atoms with Crippen LogP contribution in [0.1, 0.15) is 150 Å². The highest BCUT2D eigenvalue weighted by Gasteiger charge is 2.48. The number of carbonyl (C=O) groups excluding carboxylic acids is 5. The molecule has 346 valence electrons. The van der Waals surface area contributed by atoms with Crippen molar-refractivity contribution < 1.29 is 42.9 Å². The molecule has 2 fully saturated rings. The van der Waals surface area contributed by atoms with Gasteiger partial charge in [-0.1, -0.05) is 17.8 Å². The summed E-state index contributed by atoms with van der Waals surface area (Å²) in [5.74, 6) is 13.4. The van der Waals surface area contributed by atoms with Crippen LogP contribution in [-0.4, -0.2) is 84.5 Å². The van der Waals surface area contributed by atoms with Gasteiger partial charge in [-0.3, -0.25) is 14.4 Å². The molecule has 1 atom stereocenters. The molecule has 0 aromatic heterocycles. The lowest BCUT2D eigenvalue weighted by Crippen LogP contribution is -2.50. The Hall–Kier alpha value is -5.81. The molecule has 0 saturated carbocycles. The van der Waals surface area contributed by atoms with Crippen LogP contribution in [0, 0.1) is 62.2 Å². The molecule has 4 aliphatic rings. The number of aryl methyl sites for hydroxylation is 4. The molecule has 2 saturated heterocycles. The number of allylic oxidation sites excluding steroid dienone is 4. The van der Waals surface area contributed by atoms with Crippen LogP contribution in [0.2, 0.25) is 0 Å². The van der Waals surface area contributed by atoms with E-state index in [1.54, 1.807) is 26.0 Å². The topological polar surface area (TPSA) is 129 Å². The predicted octanol–water partition coefficient (Wildman–Crippen LogP) is 10.1. The first-order valence-electron chi connectivity index (χ1n) is 22.8. The molecule has 0 radical (unpaired) electrons. The minimum atomic E-state index is -0.902. The zero-order valence-corrected chi connectivity index (χ0v) is 40.6. The van der Waals surface area contributed by atoms with Gasteiger partial charge in [-0.15, -0.1) is 5.92 Å². The molecule has 2 aromatic rings. The summed E-state index contributed by atoms with van der Waals surface area (Å²) in [7, 11) is 3.19. The molecule has 65 heavy (non-hydrogen) atoms. The number of Topliss-reactive ketones (excluding diaryl/α,β-unsaturated/α-hetero) is 2. The number of likely N-dealkylation sites (tertiary alicyclic amines) is 2. The van der Waals surface area contributed by atoms with Gasteiger partial charge in [0.15, 0.2) is 11.6 Å². The second-order valence-electron chi connectivity index (χ2n) is 20.3. The number of amides is 3. The van der Waals surface area contributed by atoms with Crippen LogP contribution in [0.5, 0.6) is 0 Å². The first kappa shape index (κ1) is 48.6. The molecule has 2 aromatic carbocycles. The number of ketones is 2. The lowest BCUT2D eigenvalue weighted by Gasteiger charge is -2.44. The van der Waals surface area contributed by atoms with Crippen molar-refractivity contribution in [3.05, 3.63) is 80.3 Å². The van der Waals surface area contributed by atoms with E-state index < -0.39 is 22.7 Å². The first-order valence-corrected chi connectivity index (χ1v) is 22.8. The van der Waals surface area contributed by atoms with Gasteiger partial charge >= 0.3 is 12.2 Å². The van der Waals surface area contributed by atoms with E-state index in [9.17, 15) is 24.0 Å². The van der Waals surface area contributed by atoms with Crippen molar-refractivity contribution in [1.82, 2.24) is 9.80 Å². The maximum atomic E-state index is 14.0. The van der Waals surface area contributed by atoms with Crippen molar-refractivity contribution in [2.45, 2.75) is 145 Å². The maximum Gasteiger partial charge on any atom is 0.417 e. The zero-order chi connectivity index (χ0) is 47.6. The number of rotatable bonds is 7. The maximum absolute atomic E-state index is 14.0. The fourth-order valence-electron chi connectivity index (χ4n) is 10.2. The average molecular weight is 887 g/mol. The fraction of sp³-hybridized carbons (Fsp3) is 0.537. The molecular formula is C54H66N2O9. The average Bonchev–Trinajstić information content (AvgIpc) is 3.20. The van der Waals surface area contributed by atoms with Crippen molar-refractivity contribution in [3.63, 3.8) is 0 Å². The van der Waals surface area contributed by atoms with Crippen LogP contribution in [0.15, 0.2) is 35.8 Å². The summed E-state index contributed by atoms with van der Waals surface area (Å²) in [5, 5.41) is 0. The Kier molecular flexibility index (Phi) is 14.2. The van der Waals surface area contributed by atoms with Crippen molar-refractivity contribution in [1.29, 1.82) is 0 Å². The smallest absolute Gasteiger partial charge is 0.417 e. The number of nitrogens with zero attached hydrogens (tertiary/aromatic N) is 2. The van der Waals surface area contributed by atoms with Gasteiger partial charge in [-0.05, 0) is 163 Å². The Morgan fingerprint density at radius 1 is 0.646 bits per heavy atom. The Morgan fingerprint density at radius 3 is 1.60 bits per heavy atom. The summed E-state index contributed by atoms with van der Waals surface area (Å²) in [4.78, 5) is 70.6. The van der Waals surface area contributed by atoms with E-state index in [4.69, 9.17) is 18.9 Å². The molecule has 2 spiro atoms. The molecule has 0 N–H and O–H groups in total. The third kappa shape index (κ3) is 10.8. The number of imide groups is 1. The van der Waals surface area contributed by atoms with Gasteiger partial charge in [0.1, 0.15) is 22.7 Å². The highest BCUT2D eigenvalue weighted by molar-refractivity contribution is 6.24. The lowest BCUT2D eigenvalue weighted by molar-refractivity contribution is -0.138. The fourth-order valence-corrected chi connectivity index (χ4v) is 10.2. The van der Waals surface area contributed by atoms with Crippen molar-refractivity contribution in [2.24, 2.45) is 10.8 Å². The predicted molar refractivity (Wildman–Crippen MR) is 250 cm³/mol. The van der Waals surface area contributed by atoms with E-state index in [0.29, 0.717) is 87.1 Å². The van der Waals surface area contributed by atoms with Crippen LogP contribution < -0.4 is 0 Å². The van der Waals surface area contributed by atoms with Crippen molar-refractivity contribution >= 4 is 40.8 Å². The molecule has 11 heteroatoms. The highest BCUT2D eigenvalue weighted by Crippen LogP contribution is 2.50. The first-order chi connectivity index (χ1) is 30.5. The molecule has 2 aliphatic carbocycles. The summed E-state index contributed by atoms with van der Waals surface area (Å²) >= 11 is 0. The molecule has 0 bridgehead atoms. The van der Waals surface area contributed by atoms with Crippen LogP contribution in [-0.2, 0) is 33.3 Å². The summed E-state index contributed by atoms with van der Waals surface area (Å²) in [5.41, 5.74) is 5.96. The van der Waals surface area contributed by atoms with Crippen LogP contribution in [0.25, 0.3) is 11.1 Å². The Bertz CT molecular complexity index is 2440. The largest absolute Gasteiger partial charge is 0.500 e. The Labute approximate surface area is 385 Å². The number of hydrogen-bond acceptors (Lipinski definition) is 9. The number of piperidine rings is 2. The van der Waals surface area contributed by atoms with Crippen LogP contribution >= 0.6 is 0 Å². The van der Waals surface area contributed by atoms with Gasteiger partial charge in [0, 0.05) is 69.3 Å². The lowest BCUT2D eigenvalue weighted by atomic mass is 9.66. The number of ether oxygens (including phenoxy) is 4. The molecule has 6 rings (SSSR count). The number of methoxy groups -OCH3 is 2. The highest BCUT2D eigenvalue weighted by atomic mass is 16.6. The Morgan fingerprint density at radius 2 is 1.12 bits per heavy atom. The minimum absolute atomic E-state index is 0.0374. The number of carbonyl (C=O) groups is 5. The summed E-state index contributed by atoms with van der Waals surface area (Å²) < 4.78 is 23.3. The second-order valence-corrected chi connectivity index (χ2v) is 20.3. The van der Waals surface area contributed by atoms with E-state index in [-0.39, 0.29) is 48.4 Å². The van der Waals surface area contributed by atoms with Gasteiger partial charge in [-0.25, -0.2) is 14.5 Å². The second kappa shape index (κ2) is 19.0. The summed E-state index contributed by atoms with van der Waals surface area (Å²) in [6, 6.07) is 7.94. The molecule has 2 heterocycles. The quantitative estimate of drug-likeness (QED) is 0.250. The summed E-state index contributed by atoms with van der Waals surface area (Å²) in [6.07, 6.45) is 3.38. The number of hydrogen-bond donors (Lipinski definition) is 0. The van der Waals surface area contributed by atoms with Gasteiger partial charge in [0.2, 0.25) is 5.91 Å². The minimum Gasteiger partial charge on any atom is -0.500 e. The normalized spacial score (nSPS) is 20.0. The third-order valence-electron chi connectivity index (χ3n) is 13.4. The van der Waals surface area contributed by atoms with E-state index in [2.05, 4.69) is 23.7 Å². The van der Waals surface area contributed by atoms with Crippen LogP contribution in [0.4, 0.5) is 9.59 Å². The molecule has 11 nitrogen and oxygen atoms in total. The van der Waals surface area contributed by atoms with E-state index in [0.717, 1.165) is 44.5 Å². The van der Waals surface area contributed by atoms with Gasteiger partial charge in [-0.2, -0.15) is 0 Å². The van der Waals surface area contributed by atoms with Gasteiger partial charge in [0.05, 0.1) is 25.4 Å². The SMILES string of the molecule is CC#Cc1cc(C)c(C2=C(OC)CC3(CCN(C(=O)OC(C)(C)CCC#Cc4cc(C)c(C5=C(OC)CC6(CCN(C(=O)OC(C)(C)C)CC6)CC5=O)c(C)c4)C(=O)C3)CC2=O)c(C)c1.